The molecule has 4 heteroatoms. The molecule has 1 aromatic rings. The fraction of sp³-hybridized carbons (Fsp3) is 0.500. The van der Waals surface area contributed by atoms with E-state index in [4.69, 9.17) is 4.74 Å². The number of hydrogen-bond acceptors (Lipinski definition) is 3. The van der Waals surface area contributed by atoms with Gasteiger partial charge in [0, 0.05) is 6.54 Å². The van der Waals surface area contributed by atoms with Crippen molar-refractivity contribution in [1.29, 1.82) is 0 Å². The topological polar surface area (TPSA) is 38.3 Å². The van der Waals surface area contributed by atoms with Crippen molar-refractivity contribution in [1.82, 2.24) is 5.32 Å². The van der Waals surface area contributed by atoms with Crippen molar-refractivity contribution in [2.75, 3.05) is 19.7 Å². The number of carbonyl (C=O) groups excluding carboxylic acids is 1. The molecule has 2 rings (SSSR count). The second kappa shape index (κ2) is 5.96. The summed E-state index contributed by atoms with van der Waals surface area (Å²) in [6.45, 7) is 3.70. The average molecular weight is 251 g/mol. The van der Waals surface area contributed by atoms with E-state index in [9.17, 15) is 9.18 Å². The van der Waals surface area contributed by atoms with E-state index >= 15 is 0 Å². The van der Waals surface area contributed by atoms with Crippen molar-refractivity contribution in [2.24, 2.45) is 5.92 Å². The minimum Gasteiger partial charge on any atom is -0.466 e. The van der Waals surface area contributed by atoms with Crippen LogP contribution < -0.4 is 5.32 Å². The van der Waals surface area contributed by atoms with Gasteiger partial charge in [0.25, 0.3) is 0 Å². The van der Waals surface area contributed by atoms with Crippen molar-refractivity contribution < 1.29 is 13.9 Å². The zero-order chi connectivity index (χ0) is 13.0. The van der Waals surface area contributed by atoms with E-state index in [-0.39, 0.29) is 23.6 Å². The third-order valence-corrected chi connectivity index (χ3v) is 3.37. The van der Waals surface area contributed by atoms with Crippen LogP contribution in [0.4, 0.5) is 4.39 Å². The maximum atomic E-state index is 12.9. The summed E-state index contributed by atoms with van der Waals surface area (Å²) in [6, 6.07) is 6.41. The molecular formula is C14H18FNO2. The first-order valence-electron chi connectivity index (χ1n) is 6.35. The van der Waals surface area contributed by atoms with E-state index in [0.717, 1.165) is 18.5 Å². The minimum atomic E-state index is -0.250. The number of piperidine rings is 1. The number of esters is 1. The molecule has 3 nitrogen and oxygen atoms in total. The van der Waals surface area contributed by atoms with Crippen LogP contribution in [0.3, 0.4) is 0 Å². The monoisotopic (exact) mass is 251 g/mol. The van der Waals surface area contributed by atoms with Gasteiger partial charge >= 0.3 is 5.97 Å². The molecular weight excluding hydrogens is 233 g/mol. The van der Waals surface area contributed by atoms with Crippen molar-refractivity contribution in [3.63, 3.8) is 0 Å². The van der Waals surface area contributed by atoms with Crippen LogP contribution in [0.15, 0.2) is 24.3 Å². The van der Waals surface area contributed by atoms with Crippen molar-refractivity contribution in [3.8, 4) is 0 Å². The lowest BCUT2D eigenvalue weighted by Gasteiger charge is -2.30. The Labute approximate surface area is 106 Å². The van der Waals surface area contributed by atoms with Crippen LogP contribution in [0.25, 0.3) is 0 Å². The summed E-state index contributed by atoms with van der Waals surface area (Å²) in [6.07, 6.45) is 0.870. The Kier molecular flexibility index (Phi) is 4.31. The Morgan fingerprint density at radius 3 is 2.83 bits per heavy atom. The zero-order valence-electron chi connectivity index (χ0n) is 10.5. The largest absolute Gasteiger partial charge is 0.466 e. The fourth-order valence-electron chi connectivity index (χ4n) is 2.46. The molecule has 0 bridgehead atoms. The van der Waals surface area contributed by atoms with E-state index in [0.29, 0.717) is 13.2 Å². The van der Waals surface area contributed by atoms with E-state index in [1.54, 1.807) is 19.1 Å². The summed E-state index contributed by atoms with van der Waals surface area (Å²) in [7, 11) is 0. The Morgan fingerprint density at radius 1 is 1.44 bits per heavy atom. The molecule has 0 spiro atoms. The normalized spacial score (nSPS) is 23.7. The van der Waals surface area contributed by atoms with Crippen LogP contribution in [0.1, 0.15) is 24.8 Å². The summed E-state index contributed by atoms with van der Waals surface area (Å²) >= 11 is 0. The molecule has 0 aromatic heterocycles. The van der Waals surface area contributed by atoms with Gasteiger partial charge in [-0.05, 0) is 43.5 Å². The van der Waals surface area contributed by atoms with Gasteiger partial charge in [-0.3, -0.25) is 4.79 Å². The fourth-order valence-corrected chi connectivity index (χ4v) is 2.46. The van der Waals surface area contributed by atoms with E-state index < -0.39 is 0 Å². The second-order valence-corrected chi connectivity index (χ2v) is 4.51. The van der Waals surface area contributed by atoms with Gasteiger partial charge in [-0.2, -0.15) is 0 Å². The predicted octanol–water partition coefficient (Wildman–Crippen LogP) is 2.08. The SMILES string of the molecule is CCOC(=O)[C@@H]1CNCCC1c1ccc(F)cc1. The van der Waals surface area contributed by atoms with Crippen molar-refractivity contribution in [2.45, 2.75) is 19.3 Å². The molecule has 1 N–H and O–H groups in total. The van der Waals surface area contributed by atoms with Crippen LogP contribution in [0.5, 0.6) is 0 Å². The molecule has 1 aliphatic heterocycles. The Balaban J connectivity index is 2.17. The lowest BCUT2D eigenvalue weighted by atomic mass is 9.81. The van der Waals surface area contributed by atoms with Crippen LogP contribution in [-0.2, 0) is 9.53 Å². The van der Waals surface area contributed by atoms with Gasteiger partial charge < -0.3 is 10.1 Å². The maximum absolute atomic E-state index is 12.9. The zero-order valence-corrected chi connectivity index (χ0v) is 10.5. The number of benzene rings is 1. The number of rotatable bonds is 3. The highest BCUT2D eigenvalue weighted by atomic mass is 19.1. The highest BCUT2D eigenvalue weighted by Crippen LogP contribution is 2.31. The summed E-state index contributed by atoms with van der Waals surface area (Å²) in [5, 5.41) is 3.21. The van der Waals surface area contributed by atoms with Gasteiger partial charge in [0.05, 0.1) is 12.5 Å². The van der Waals surface area contributed by atoms with Crippen LogP contribution in [0.2, 0.25) is 0 Å². The summed E-state index contributed by atoms with van der Waals surface area (Å²) < 4.78 is 18.0. The van der Waals surface area contributed by atoms with Gasteiger partial charge in [0.2, 0.25) is 0 Å². The van der Waals surface area contributed by atoms with E-state index in [1.165, 1.54) is 12.1 Å². The van der Waals surface area contributed by atoms with Gasteiger partial charge in [0.1, 0.15) is 5.82 Å². The van der Waals surface area contributed by atoms with Crippen molar-refractivity contribution >= 4 is 5.97 Å². The smallest absolute Gasteiger partial charge is 0.310 e. The third-order valence-electron chi connectivity index (χ3n) is 3.37. The molecule has 18 heavy (non-hydrogen) atoms. The van der Waals surface area contributed by atoms with E-state index in [1.807, 2.05) is 0 Å². The third kappa shape index (κ3) is 2.88. The highest BCUT2D eigenvalue weighted by molar-refractivity contribution is 5.74. The van der Waals surface area contributed by atoms with Crippen LogP contribution in [-0.4, -0.2) is 25.7 Å². The molecule has 98 valence electrons. The Bertz CT molecular complexity index is 405. The van der Waals surface area contributed by atoms with Crippen LogP contribution >= 0.6 is 0 Å². The lowest BCUT2D eigenvalue weighted by molar-refractivity contribution is -0.149. The summed E-state index contributed by atoms with van der Waals surface area (Å²) in [4.78, 5) is 11.9. The Hall–Kier alpha value is -1.42. The highest BCUT2D eigenvalue weighted by Gasteiger charge is 2.32. The molecule has 1 heterocycles. The number of hydrogen-bond donors (Lipinski definition) is 1. The molecule has 0 aliphatic carbocycles. The molecule has 1 unspecified atom stereocenters. The number of nitrogens with one attached hydrogen (secondary N) is 1. The number of halogens is 1. The number of carbonyl (C=O) groups is 1. The average Bonchev–Trinajstić information content (AvgIpc) is 2.40. The molecule has 1 fully saturated rings. The number of ether oxygens (including phenoxy) is 1. The molecule has 0 saturated carbocycles. The van der Waals surface area contributed by atoms with Crippen molar-refractivity contribution in [3.05, 3.63) is 35.6 Å². The molecule has 1 saturated heterocycles. The molecule has 0 amide bonds. The van der Waals surface area contributed by atoms with Crippen LogP contribution in [0, 0.1) is 11.7 Å². The second-order valence-electron chi connectivity index (χ2n) is 4.51. The molecule has 2 atom stereocenters. The standard InChI is InChI=1S/C14H18FNO2/c1-2-18-14(17)13-9-16-8-7-12(13)10-3-5-11(15)6-4-10/h3-6,12-13,16H,2,7-9H2,1H3/t12?,13-/m1/s1. The minimum absolute atomic E-state index is 0.117. The first-order chi connectivity index (χ1) is 8.72. The van der Waals surface area contributed by atoms with Gasteiger partial charge in [-0.25, -0.2) is 4.39 Å². The molecule has 1 aliphatic rings. The molecule has 1 aromatic carbocycles. The molecule has 0 radical (unpaired) electrons. The first kappa shape index (κ1) is 13.0. The van der Waals surface area contributed by atoms with Gasteiger partial charge in [-0.1, -0.05) is 12.1 Å². The van der Waals surface area contributed by atoms with Gasteiger partial charge in [-0.15, -0.1) is 0 Å². The lowest BCUT2D eigenvalue weighted by Crippen LogP contribution is -2.40. The predicted molar refractivity (Wildman–Crippen MR) is 66.8 cm³/mol. The summed E-state index contributed by atoms with van der Waals surface area (Å²) in [5.41, 5.74) is 1.01. The first-order valence-corrected chi connectivity index (χ1v) is 6.35. The summed E-state index contributed by atoms with van der Waals surface area (Å²) in [5.74, 6) is -0.477. The Morgan fingerprint density at radius 2 is 2.17 bits per heavy atom. The maximum Gasteiger partial charge on any atom is 0.310 e. The quantitative estimate of drug-likeness (QED) is 0.836. The van der Waals surface area contributed by atoms with Gasteiger partial charge in [0.15, 0.2) is 0 Å². The van der Waals surface area contributed by atoms with E-state index in [2.05, 4.69) is 5.32 Å².